The summed E-state index contributed by atoms with van der Waals surface area (Å²) >= 11 is 0. The number of carbonyl (C=O) groups is 4. The Morgan fingerprint density at radius 2 is 1.46 bits per heavy atom. The molecule has 11 nitrogen and oxygen atoms in total. The lowest BCUT2D eigenvalue weighted by atomic mass is 9.83. The minimum Gasteiger partial charge on any atom is -0.490 e. The average Bonchev–Trinajstić information content (AvgIpc) is 3.21. The monoisotopic (exact) mass is 760 g/mol. The first-order valence-electron chi connectivity index (χ1n) is 19.6. The van der Waals surface area contributed by atoms with Crippen LogP contribution >= 0.6 is 0 Å². The van der Waals surface area contributed by atoms with Gasteiger partial charge in [0.25, 0.3) is 11.8 Å². The molecule has 2 atom stereocenters. The molecular formula is C45H52N4O7. The Morgan fingerprint density at radius 3 is 2.18 bits per heavy atom. The van der Waals surface area contributed by atoms with Crippen LogP contribution in [0.1, 0.15) is 68.2 Å². The lowest BCUT2D eigenvalue weighted by molar-refractivity contribution is -0.136. The summed E-state index contributed by atoms with van der Waals surface area (Å²) < 4.78 is 18.1. The van der Waals surface area contributed by atoms with Crippen molar-refractivity contribution in [2.24, 2.45) is 5.92 Å². The van der Waals surface area contributed by atoms with Gasteiger partial charge in [-0.2, -0.15) is 0 Å². The van der Waals surface area contributed by atoms with Gasteiger partial charge in [-0.05, 0) is 86.8 Å². The molecule has 0 radical (unpaired) electrons. The van der Waals surface area contributed by atoms with Crippen LogP contribution < -0.4 is 35.5 Å². The van der Waals surface area contributed by atoms with Crippen molar-refractivity contribution in [2.45, 2.75) is 83.0 Å². The number of hydrogen-bond donors (Lipinski definition) is 4. The smallest absolute Gasteiger partial charge is 0.258 e. The number of nitrogens with one attached hydrogen (secondary N) is 4. The fourth-order valence-electron chi connectivity index (χ4n) is 7.38. The Hall–Kier alpha value is -5.84. The lowest BCUT2D eigenvalue weighted by Gasteiger charge is -2.33. The molecule has 0 aromatic heterocycles. The molecule has 4 heterocycles. The van der Waals surface area contributed by atoms with Crippen LogP contribution in [-0.4, -0.2) is 55.5 Å². The van der Waals surface area contributed by atoms with Crippen molar-refractivity contribution in [3.05, 3.63) is 125 Å². The van der Waals surface area contributed by atoms with Crippen molar-refractivity contribution < 1.29 is 33.4 Å². The van der Waals surface area contributed by atoms with Crippen LogP contribution in [0.2, 0.25) is 0 Å². The third-order valence-corrected chi connectivity index (χ3v) is 10.5. The number of rotatable bonds is 5. The molecule has 4 aromatic carbocycles. The van der Waals surface area contributed by atoms with E-state index in [2.05, 4.69) is 21.3 Å². The third-order valence-electron chi connectivity index (χ3n) is 10.5. The van der Waals surface area contributed by atoms with E-state index >= 15 is 0 Å². The Bertz CT molecular complexity index is 1930. The highest BCUT2D eigenvalue weighted by molar-refractivity contribution is 5.95. The highest BCUT2D eigenvalue weighted by atomic mass is 16.5. The van der Waals surface area contributed by atoms with Crippen LogP contribution in [-0.2, 0) is 44.2 Å². The molecule has 4 amide bonds. The third kappa shape index (κ3) is 10.7. The molecule has 0 spiro atoms. The first-order chi connectivity index (χ1) is 27.2. The van der Waals surface area contributed by atoms with Gasteiger partial charge in [0.15, 0.2) is 18.1 Å². The van der Waals surface area contributed by atoms with Gasteiger partial charge in [0.05, 0.1) is 6.61 Å². The Labute approximate surface area is 328 Å². The molecule has 1 saturated carbocycles. The molecule has 11 heteroatoms. The average molecular weight is 761 g/mol. The summed E-state index contributed by atoms with van der Waals surface area (Å²) in [5, 5.41) is 12.2. The maximum atomic E-state index is 14.3. The van der Waals surface area contributed by atoms with Gasteiger partial charge in [-0.25, -0.2) is 0 Å². The minimum absolute atomic E-state index is 0.0472. The number of para-hydroxylation sites is 1. The Balaban J connectivity index is 1.24. The molecule has 4 aromatic rings. The van der Waals surface area contributed by atoms with Crippen molar-refractivity contribution in [3.63, 3.8) is 0 Å². The predicted molar refractivity (Wildman–Crippen MR) is 213 cm³/mol. The molecule has 4 bridgehead atoms. The maximum absolute atomic E-state index is 14.3. The summed E-state index contributed by atoms with van der Waals surface area (Å²) in [6.45, 7) is 4.36. The van der Waals surface area contributed by atoms with E-state index in [-0.39, 0.29) is 55.7 Å². The van der Waals surface area contributed by atoms with Crippen molar-refractivity contribution >= 4 is 23.6 Å². The molecular weight excluding hydrogens is 709 g/mol. The number of carbonyl (C=O) groups excluding carboxylic acids is 4. The van der Waals surface area contributed by atoms with Gasteiger partial charge in [0.1, 0.15) is 23.9 Å². The zero-order chi connectivity index (χ0) is 39.3. The van der Waals surface area contributed by atoms with Crippen LogP contribution in [0.3, 0.4) is 0 Å². The maximum Gasteiger partial charge on any atom is 0.258 e. The van der Waals surface area contributed by atoms with Crippen LogP contribution in [0, 0.1) is 5.92 Å². The van der Waals surface area contributed by atoms with Gasteiger partial charge in [0, 0.05) is 31.0 Å². The van der Waals surface area contributed by atoms with Crippen LogP contribution in [0.15, 0.2) is 103 Å². The molecule has 1 aliphatic carbocycles. The summed E-state index contributed by atoms with van der Waals surface area (Å²) in [6.07, 6.45) is 3.95. The molecule has 5 aliphatic rings. The van der Waals surface area contributed by atoms with E-state index in [1.807, 2.05) is 97.9 Å². The lowest BCUT2D eigenvalue weighted by Crippen LogP contribution is -2.59. The second-order valence-corrected chi connectivity index (χ2v) is 14.7. The van der Waals surface area contributed by atoms with E-state index < -0.39 is 17.5 Å². The van der Waals surface area contributed by atoms with Gasteiger partial charge in [-0.15, -0.1) is 0 Å². The highest BCUT2D eigenvalue weighted by Gasteiger charge is 2.39. The summed E-state index contributed by atoms with van der Waals surface area (Å²) in [5.41, 5.74) is 1.77. The fourth-order valence-corrected chi connectivity index (χ4v) is 7.38. The van der Waals surface area contributed by atoms with Crippen LogP contribution in [0.25, 0.3) is 0 Å². The van der Waals surface area contributed by atoms with E-state index in [1.165, 1.54) is 0 Å². The first-order valence-corrected chi connectivity index (χ1v) is 19.6. The predicted octanol–water partition coefficient (Wildman–Crippen LogP) is 5.54. The van der Waals surface area contributed by atoms with Gasteiger partial charge < -0.3 is 35.5 Å². The molecule has 4 N–H and O–H groups in total. The largest absolute Gasteiger partial charge is 0.490 e. The van der Waals surface area contributed by atoms with E-state index in [1.54, 1.807) is 19.1 Å². The van der Waals surface area contributed by atoms with E-state index in [0.717, 1.165) is 29.5 Å². The van der Waals surface area contributed by atoms with Crippen molar-refractivity contribution in [1.82, 2.24) is 21.3 Å². The zero-order valence-electron chi connectivity index (χ0n) is 32.2. The Morgan fingerprint density at radius 1 is 0.750 bits per heavy atom. The van der Waals surface area contributed by atoms with Gasteiger partial charge >= 0.3 is 0 Å². The van der Waals surface area contributed by atoms with Crippen molar-refractivity contribution in [2.75, 3.05) is 19.8 Å². The van der Waals surface area contributed by atoms with E-state index in [0.29, 0.717) is 55.2 Å². The first kappa shape index (κ1) is 39.8. The van der Waals surface area contributed by atoms with Gasteiger partial charge in [-0.3, -0.25) is 19.2 Å². The topological polar surface area (TPSA) is 144 Å². The molecule has 0 unspecified atom stereocenters. The van der Waals surface area contributed by atoms with Crippen molar-refractivity contribution in [1.29, 1.82) is 0 Å². The molecule has 56 heavy (non-hydrogen) atoms. The summed E-state index contributed by atoms with van der Waals surface area (Å²) in [6, 6.07) is 30.9. The normalized spacial score (nSPS) is 22.9. The number of ether oxygens (including phenoxy) is 3. The van der Waals surface area contributed by atoms with Crippen LogP contribution in [0.5, 0.6) is 17.2 Å². The van der Waals surface area contributed by atoms with Crippen LogP contribution in [0.4, 0.5) is 0 Å². The molecule has 9 rings (SSSR count). The SMILES string of the molecule is CCOc1cccc2c1OCC(=O)NC1CCC(CC1)CC(=O)N[C@@](C)(c1ccccc1)C(=O)N[C@H](Cc1ccccc1)C(=O)NCCc1ccc(cc1)OC2. The summed E-state index contributed by atoms with van der Waals surface area (Å²) in [7, 11) is 0. The second-order valence-electron chi connectivity index (χ2n) is 14.7. The minimum atomic E-state index is -1.45. The second kappa shape index (κ2) is 19.2. The van der Waals surface area contributed by atoms with Gasteiger partial charge in [0.2, 0.25) is 11.8 Å². The van der Waals surface area contributed by atoms with Crippen molar-refractivity contribution in [3.8, 4) is 17.2 Å². The van der Waals surface area contributed by atoms with E-state index in [9.17, 15) is 19.2 Å². The van der Waals surface area contributed by atoms with E-state index in [4.69, 9.17) is 14.2 Å². The standard InChI is InChI=1S/C45H52N4O7/c1-3-54-39-16-10-13-34-29-55-37-23-19-31(20-24-37)25-26-46-43(52)38(27-32-11-6-4-7-12-32)48-44(53)45(2,35-14-8-5-9-15-35)49-40(50)28-33-17-21-36(22-18-33)47-41(51)30-56-42(34)39/h4-16,19-20,23-24,33,36,38H,3,17-18,21-22,25-30H2,1-2H3,(H,46,52)(H,47,51)(H,48,53)(H,49,50)/t33?,36?,38-,45+/m1/s1. The summed E-state index contributed by atoms with van der Waals surface area (Å²) in [4.78, 5) is 55.0. The number of hydrogen-bond acceptors (Lipinski definition) is 7. The quantitative estimate of drug-likeness (QED) is 0.209. The zero-order valence-corrected chi connectivity index (χ0v) is 32.2. The Kier molecular flexibility index (Phi) is 13.6. The number of amides is 4. The fraction of sp³-hybridized carbons (Fsp3) is 0.378. The van der Waals surface area contributed by atoms with Gasteiger partial charge in [-0.1, -0.05) is 84.9 Å². The summed E-state index contributed by atoms with van der Waals surface area (Å²) in [5.74, 6) is 0.432. The molecule has 4 aliphatic heterocycles. The number of benzene rings is 4. The molecule has 0 saturated heterocycles. The molecule has 1 fully saturated rings. The highest BCUT2D eigenvalue weighted by Crippen LogP contribution is 2.33. The molecule has 294 valence electrons.